The fraction of sp³-hybridized carbons (Fsp3) is 0.615. The molecule has 0 saturated heterocycles. The second-order valence-electron chi connectivity index (χ2n) is 5.86. The molecule has 0 unspecified atom stereocenters. The van der Waals surface area contributed by atoms with Gasteiger partial charge in [0.1, 0.15) is 10.3 Å². The summed E-state index contributed by atoms with van der Waals surface area (Å²) >= 11 is 0.926. The molecular weight excluding hydrogens is 320 g/mol. The lowest BCUT2D eigenvalue weighted by Crippen LogP contribution is -2.28. The van der Waals surface area contributed by atoms with Gasteiger partial charge in [-0.1, -0.05) is 13.8 Å². The largest absolute Gasteiger partial charge is 0.459 e. The Morgan fingerprint density at radius 1 is 1.40 bits per heavy atom. The van der Waals surface area contributed by atoms with Crippen LogP contribution >= 0.6 is 22.0 Å². The van der Waals surface area contributed by atoms with Crippen LogP contribution in [0, 0.1) is 5.41 Å². The molecular formula is C13H17ClO4S2. The molecule has 2 rings (SSSR count). The van der Waals surface area contributed by atoms with Gasteiger partial charge in [-0.05, 0) is 37.2 Å². The van der Waals surface area contributed by atoms with E-state index in [2.05, 4.69) is 13.8 Å². The molecule has 0 aromatic carbocycles. The van der Waals surface area contributed by atoms with Gasteiger partial charge in [0.25, 0.3) is 9.05 Å². The van der Waals surface area contributed by atoms with Gasteiger partial charge in [0, 0.05) is 16.1 Å². The molecule has 0 spiro atoms. The first-order valence-corrected chi connectivity index (χ1v) is 9.60. The fourth-order valence-corrected chi connectivity index (χ4v) is 4.20. The second-order valence-corrected chi connectivity index (χ2v) is 9.57. The van der Waals surface area contributed by atoms with Crippen molar-refractivity contribution in [3.8, 4) is 0 Å². The summed E-state index contributed by atoms with van der Waals surface area (Å²) in [6, 6.07) is 1.27. The maximum absolute atomic E-state index is 12.0. The van der Waals surface area contributed by atoms with Gasteiger partial charge in [0.05, 0.1) is 5.56 Å². The highest BCUT2D eigenvalue weighted by Crippen LogP contribution is 2.36. The molecule has 0 aliphatic heterocycles. The number of thiophene rings is 1. The molecule has 4 nitrogen and oxygen atoms in total. The number of rotatable bonds is 3. The summed E-state index contributed by atoms with van der Waals surface area (Å²) in [7, 11) is 1.45. The SMILES string of the molecule is CC1(C)CCC(OC(=O)c2csc(S(=O)(=O)Cl)c2)CC1. The third-order valence-corrected chi connectivity index (χ3v) is 6.65. The number of hydrogen-bond donors (Lipinski definition) is 0. The van der Waals surface area contributed by atoms with Gasteiger partial charge >= 0.3 is 5.97 Å². The van der Waals surface area contributed by atoms with Gasteiger partial charge in [-0.3, -0.25) is 0 Å². The highest BCUT2D eigenvalue weighted by Gasteiger charge is 2.29. The molecule has 1 heterocycles. The zero-order valence-corrected chi connectivity index (χ0v) is 13.8. The molecule has 0 bridgehead atoms. The minimum Gasteiger partial charge on any atom is -0.459 e. The normalized spacial score (nSPS) is 19.8. The number of halogens is 1. The standard InChI is InChI=1S/C13H17ClO4S2/c1-13(2)5-3-10(4-6-13)18-12(15)9-7-11(19-8-9)20(14,16)17/h7-8,10H,3-6H2,1-2H3. The Hall–Kier alpha value is -0.590. The van der Waals surface area contributed by atoms with E-state index in [1.54, 1.807) is 0 Å². The first-order valence-electron chi connectivity index (χ1n) is 6.42. The van der Waals surface area contributed by atoms with Crippen molar-refractivity contribution < 1.29 is 17.9 Å². The highest BCUT2D eigenvalue weighted by molar-refractivity contribution is 8.15. The van der Waals surface area contributed by atoms with Crippen molar-refractivity contribution in [2.24, 2.45) is 5.41 Å². The van der Waals surface area contributed by atoms with E-state index in [0.717, 1.165) is 37.0 Å². The van der Waals surface area contributed by atoms with E-state index in [0.29, 0.717) is 5.41 Å². The predicted octanol–water partition coefficient (Wildman–Crippen LogP) is 3.80. The lowest BCUT2D eigenvalue weighted by atomic mass is 9.76. The summed E-state index contributed by atoms with van der Waals surface area (Å²) < 4.78 is 27.7. The molecule has 0 amide bonds. The summed E-state index contributed by atoms with van der Waals surface area (Å²) in [5.74, 6) is -0.475. The molecule has 20 heavy (non-hydrogen) atoms. The Morgan fingerprint density at radius 2 is 2.00 bits per heavy atom. The lowest BCUT2D eigenvalue weighted by Gasteiger charge is -2.33. The van der Waals surface area contributed by atoms with Gasteiger partial charge in [-0.2, -0.15) is 0 Å². The number of ether oxygens (including phenoxy) is 1. The Bertz CT molecular complexity index is 594. The summed E-state index contributed by atoms with van der Waals surface area (Å²) in [5, 5.41) is 1.46. The Balaban J connectivity index is 1.98. The molecule has 7 heteroatoms. The molecule has 1 fully saturated rings. The topological polar surface area (TPSA) is 60.4 Å². The Morgan fingerprint density at radius 3 is 2.50 bits per heavy atom. The highest BCUT2D eigenvalue weighted by atomic mass is 35.7. The van der Waals surface area contributed by atoms with Crippen LogP contribution < -0.4 is 0 Å². The Labute approximate surface area is 127 Å². The molecule has 1 aliphatic carbocycles. The van der Waals surface area contributed by atoms with Gasteiger partial charge in [0.15, 0.2) is 0 Å². The Kier molecular flexibility index (Phi) is 4.47. The third-order valence-electron chi connectivity index (χ3n) is 3.61. The van der Waals surface area contributed by atoms with Crippen LogP contribution in [0.4, 0.5) is 0 Å². The van der Waals surface area contributed by atoms with Crippen molar-refractivity contribution >= 4 is 37.0 Å². The quantitative estimate of drug-likeness (QED) is 0.622. The van der Waals surface area contributed by atoms with Crippen LogP contribution in [-0.2, 0) is 13.8 Å². The molecule has 0 N–H and O–H groups in total. The van der Waals surface area contributed by atoms with Crippen molar-refractivity contribution in [2.45, 2.75) is 49.8 Å². The van der Waals surface area contributed by atoms with Crippen molar-refractivity contribution in [3.05, 3.63) is 17.0 Å². The fourth-order valence-electron chi connectivity index (χ4n) is 2.26. The molecule has 0 atom stereocenters. The maximum Gasteiger partial charge on any atom is 0.339 e. The van der Waals surface area contributed by atoms with E-state index in [9.17, 15) is 13.2 Å². The monoisotopic (exact) mass is 336 g/mol. The van der Waals surface area contributed by atoms with E-state index < -0.39 is 15.0 Å². The molecule has 1 aromatic heterocycles. The molecule has 1 aliphatic rings. The first kappa shape index (κ1) is 15.8. The van der Waals surface area contributed by atoms with E-state index in [4.69, 9.17) is 15.4 Å². The number of carbonyl (C=O) groups is 1. The van der Waals surface area contributed by atoms with Crippen LogP contribution in [0.3, 0.4) is 0 Å². The predicted molar refractivity (Wildman–Crippen MR) is 78.8 cm³/mol. The molecule has 112 valence electrons. The van der Waals surface area contributed by atoms with Crippen molar-refractivity contribution in [1.29, 1.82) is 0 Å². The van der Waals surface area contributed by atoms with Crippen molar-refractivity contribution in [3.63, 3.8) is 0 Å². The number of esters is 1. The van der Waals surface area contributed by atoms with E-state index in [1.807, 2.05) is 0 Å². The van der Waals surface area contributed by atoms with Crippen LogP contribution in [-0.4, -0.2) is 20.5 Å². The zero-order valence-electron chi connectivity index (χ0n) is 11.4. The summed E-state index contributed by atoms with van der Waals surface area (Å²) in [6.07, 6.45) is 3.67. The number of carbonyl (C=O) groups excluding carboxylic acids is 1. The van der Waals surface area contributed by atoms with Crippen molar-refractivity contribution in [1.82, 2.24) is 0 Å². The minimum absolute atomic E-state index is 0.0316. The van der Waals surface area contributed by atoms with Crippen LogP contribution in [0.25, 0.3) is 0 Å². The molecule has 0 radical (unpaired) electrons. The van der Waals surface area contributed by atoms with E-state index in [-0.39, 0.29) is 15.9 Å². The lowest BCUT2D eigenvalue weighted by molar-refractivity contribution is 0.00955. The van der Waals surface area contributed by atoms with Crippen LogP contribution in [0.1, 0.15) is 49.9 Å². The van der Waals surface area contributed by atoms with Crippen molar-refractivity contribution in [2.75, 3.05) is 0 Å². The van der Waals surface area contributed by atoms with E-state index >= 15 is 0 Å². The second kappa shape index (κ2) is 5.66. The summed E-state index contributed by atoms with van der Waals surface area (Å²) in [6.45, 7) is 4.42. The summed E-state index contributed by atoms with van der Waals surface area (Å²) in [5.41, 5.74) is 0.560. The smallest absolute Gasteiger partial charge is 0.339 e. The van der Waals surface area contributed by atoms with Gasteiger partial charge in [-0.25, -0.2) is 13.2 Å². The van der Waals surface area contributed by atoms with Crippen LogP contribution in [0.15, 0.2) is 15.7 Å². The van der Waals surface area contributed by atoms with Gasteiger partial charge < -0.3 is 4.74 Å². The zero-order chi connectivity index (χ0) is 15.0. The first-order chi connectivity index (χ1) is 9.17. The number of hydrogen-bond acceptors (Lipinski definition) is 5. The molecule has 1 aromatic rings. The average molecular weight is 337 g/mol. The van der Waals surface area contributed by atoms with Crippen LogP contribution in [0.5, 0.6) is 0 Å². The summed E-state index contributed by atoms with van der Waals surface area (Å²) in [4.78, 5) is 12.0. The van der Waals surface area contributed by atoms with Gasteiger partial charge in [0.2, 0.25) is 0 Å². The third kappa shape index (κ3) is 3.96. The maximum atomic E-state index is 12.0. The average Bonchev–Trinajstić information content (AvgIpc) is 2.81. The van der Waals surface area contributed by atoms with Crippen LogP contribution in [0.2, 0.25) is 0 Å². The molecule has 1 saturated carbocycles. The van der Waals surface area contributed by atoms with Gasteiger partial charge in [-0.15, -0.1) is 11.3 Å². The van der Waals surface area contributed by atoms with E-state index in [1.165, 1.54) is 11.4 Å². The minimum atomic E-state index is -3.78.